The molecule has 2 aromatic carbocycles. The van der Waals surface area contributed by atoms with E-state index in [0.717, 1.165) is 12.1 Å². The highest BCUT2D eigenvalue weighted by molar-refractivity contribution is 5.96. The van der Waals surface area contributed by atoms with Crippen LogP contribution in [0.1, 0.15) is 10.4 Å². The summed E-state index contributed by atoms with van der Waals surface area (Å²) in [5.74, 6) is -1.86. The van der Waals surface area contributed by atoms with Crippen molar-refractivity contribution in [1.82, 2.24) is 10.6 Å². The maximum Gasteiger partial charge on any atom is 0.319 e. The van der Waals surface area contributed by atoms with Crippen molar-refractivity contribution in [2.24, 2.45) is 0 Å². The van der Waals surface area contributed by atoms with Gasteiger partial charge in [0.05, 0.1) is 6.54 Å². The van der Waals surface area contributed by atoms with E-state index in [9.17, 15) is 18.4 Å². The molecule has 25 heavy (non-hydrogen) atoms. The lowest BCUT2D eigenvalue weighted by atomic mass is 10.2. The Morgan fingerprint density at radius 1 is 1.12 bits per heavy atom. The second-order valence-corrected chi connectivity index (χ2v) is 4.96. The summed E-state index contributed by atoms with van der Waals surface area (Å²) in [4.78, 5) is 23.3. The quantitative estimate of drug-likeness (QED) is 0.701. The van der Waals surface area contributed by atoms with Crippen LogP contribution in [0.5, 0.6) is 5.75 Å². The van der Waals surface area contributed by atoms with Crippen LogP contribution in [0.15, 0.2) is 42.5 Å². The molecule has 0 radical (unpaired) electrons. The Bertz CT molecular complexity index is 769. The number of anilines is 1. The van der Waals surface area contributed by atoms with Gasteiger partial charge in [-0.3, -0.25) is 4.79 Å². The van der Waals surface area contributed by atoms with Gasteiger partial charge in [0, 0.05) is 24.4 Å². The Hall–Kier alpha value is -3.16. The lowest BCUT2D eigenvalue weighted by Crippen LogP contribution is -2.32. The Balaban J connectivity index is 1.78. The SMILES string of the molecule is CNC(=O)c1cccc(NC(=O)NCCOc2ccc(F)cc2F)c1. The molecule has 0 unspecified atom stereocenters. The summed E-state index contributed by atoms with van der Waals surface area (Å²) in [6.07, 6.45) is 0. The molecule has 0 bridgehead atoms. The van der Waals surface area contributed by atoms with Crippen molar-refractivity contribution in [2.45, 2.75) is 0 Å². The lowest BCUT2D eigenvalue weighted by molar-refractivity contribution is 0.0963. The summed E-state index contributed by atoms with van der Waals surface area (Å²) in [6, 6.07) is 8.89. The third-order valence-electron chi connectivity index (χ3n) is 3.15. The number of amides is 3. The molecule has 3 N–H and O–H groups in total. The number of carbonyl (C=O) groups excluding carboxylic acids is 2. The molecule has 0 atom stereocenters. The van der Waals surface area contributed by atoms with Gasteiger partial charge in [-0.05, 0) is 30.3 Å². The average molecular weight is 349 g/mol. The van der Waals surface area contributed by atoms with Gasteiger partial charge in [-0.2, -0.15) is 0 Å². The van der Waals surface area contributed by atoms with Gasteiger partial charge in [0.15, 0.2) is 11.6 Å². The molecule has 2 rings (SSSR count). The number of halogens is 2. The third-order valence-corrected chi connectivity index (χ3v) is 3.15. The van der Waals surface area contributed by atoms with E-state index in [1.165, 1.54) is 19.2 Å². The van der Waals surface area contributed by atoms with Crippen LogP contribution in [-0.2, 0) is 0 Å². The second-order valence-electron chi connectivity index (χ2n) is 4.96. The summed E-state index contributed by atoms with van der Waals surface area (Å²) in [5.41, 5.74) is 0.861. The molecule has 2 aromatic rings. The second kappa shape index (κ2) is 8.62. The largest absolute Gasteiger partial charge is 0.489 e. The first-order chi connectivity index (χ1) is 12.0. The van der Waals surface area contributed by atoms with Crippen molar-refractivity contribution in [3.63, 3.8) is 0 Å². The van der Waals surface area contributed by atoms with Gasteiger partial charge in [-0.15, -0.1) is 0 Å². The van der Waals surface area contributed by atoms with Crippen molar-refractivity contribution in [1.29, 1.82) is 0 Å². The van der Waals surface area contributed by atoms with E-state index < -0.39 is 17.7 Å². The van der Waals surface area contributed by atoms with Crippen molar-refractivity contribution < 1.29 is 23.1 Å². The number of hydrogen-bond donors (Lipinski definition) is 3. The number of rotatable bonds is 6. The molecule has 8 heteroatoms. The van der Waals surface area contributed by atoms with E-state index in [2.05, 4.69) is 16.0 Å². The number of nitrogens with one attached hydrogen (secondary N) is 3. The van der Waals surface area contributed by atoms with Crippen molar-refractivity contribution in [3.8, 4) is 5.75 Å². The molecule has 0 aliphatic carbocycles. The molecule has 6 nitrogen and oxygen atoms in total. The standard InChI is InChI=1S/C17H17F2N3O3/c1-20-16(23)11-3-2-4-13(9-11)22-17(24)21-7-8-25-15-6-5-12(18)10-14(15)19/h2-6,9-10H,7-8H2,1H3,(H,20,23)(H2,21,22,24). The first-order valence-corrected chi connectivity index (χ1v) is 7.44. The predicted molar refractivity (Wildman–Crippen MR) is 88.7 cm³/mol. The number of hydrogen-bond acceptors (Lipinski definition) is 3. The molecule has 0 spiro atoms. The highest BCUT2D eigenvalue weighted by atomic mass is 19.1. The van der Waals surface area contributed by atoms with Crippen LogP contribution in [0.3, 0.4) is 0 Å². The Kier molecular flexibility index (Phi) is 6.27. The van der Waals surface area contributed by atoms with E-state index in [4.69, 9.17) is 4.74 Å². The smallest absolute Gasteiger partial charge is 0.319 e. The van der Waals surface area contributed by atoms with Crippen molar-refractivity contribution in [3.05, 3.63) is 59.7 Å². The zero-order valence-corrected chi connectivity index (χ0v) is 13.4. The maximum absolute atomic E-state index is 13.4. The minimum atomic E-state index is -0.810. The minimum Gasteiger partial charge on any atom is -0.489 e. The van der Waals surface area contributed by atoms with E-state index in [1.807, 2.05) is 0 Å². The van der Waals surface area contributed by atoms with Crippen LogP contribution in [0.25, 0.3) is 0 Å². The lowest BCUT2D eigenvalue weighted by Gasteiger charge is -2.10. The monoisotopic (exact) mass is 349 g/mol. The van der Waals surface area contributed by atoms with Crippen molar-refractivity contribution >= 4 is 17.6 Å². The van der Waals surface area contributed by atoms with Crippen LogP contribution in [-0.4, -0.2) is 32.1 Å². The number of carbonyl (C=O) groups is 2. The zero-order chi connectivity index (χ0) is 18.2. The van der Waals surface area contributed by atoms with E-state index in [1.54, 1.807) is 18.2 Å². The molecule has 0 fully saturated rings. The van der Waals surface area contributed by atoms with Gasteiger partial charge in [0.25, 0.3) is 5.91 Å². The van der Waals surface area contributed by atoms with Gasteiger partial charge in [-0.25, -0.2) is 13.6 Å². The summed E-state index contributed by atoms with van der Waals surface area (Å²) in [5, 5.41) is 7.58. The highest BCUT2D eigenvalue weighted by Crippen LogP contribution is 2.17. The molecule has 3 amide bonds. The number of benzene rings is 2. The van der Waals surface area contributed by atoms with Gasteiger partial charge >= 0.3 is 6.03 Å². The first kappa shape index (κ1) is 18.2. The molecule has 0 aliphatic rings. The molecule has 0 saturated heterocycles. The Morgan fingerprint density at radius 3 is 2.64 bits per heavy atom. The molecule has 0 saturated carbocycles. The van der Waals surface area contributed by atoms with Crippen LogP contribution >= 0.6 is 0 Å². The zero-order valence-electron chi connectivity index (χ0n) is 13.4. The number of urea groups is 1. The first-order valence-electron chi connectivity index (χ1n) is 7.44. The summed E-state index contributed by atoms with van der Waals surface area (Å²) < 4.78 is 31.2. The fourth-order valence-corrected chi connectivity index (χ4v) is 1.98. The normalized spacial score (nSPS) is 10.0. The molecule has 0 aromatic heterocycles. The summed E-state index contributed by atoms with van der Waals surface area (Å²) in [6.45, 7) is 0.117. The van der Waals surface area contributed by atoms with Gasteiger partial charge < -0.3 is 20.7 Å². The van der Waals surface area contributed by atoms with E-state index in [0.29, 0.717) is 11.3 Å². The van der Waals surface area contributed by atoms with Gasteiger partial charge in [0.2, 0.25) is 0 Å². The topological polar surface area (TPSA) is 79.5 Å². The predicted octanol–water partition coefficient (Wildman–Crippen LogP) is 2.52. The minimum absolute atomic E-state index is 0.00819. The maximum atomic E-state index is 13.4. The molecular formula is C17H17F2N3O3. The highest BCUT2D eigenvalue weighted by Gasteiger charge is 2.07. The van der Waals surface area contributed by atoms with Crippen LogP contribution in [0.4, 0.5) is 19.3 Å². The third kappa shape index (κ3) is 5.45. The number of ether oxygens (including phenoxy) is 1. The molecular weight excluding hydrogens is 332 g/mol. The molecule has 0 aliphatic heterocycles. The van der Waals surface area contributed by atoms with E-state index >= 15 is 0 Å². The van der Waals surface area contributed by atoms with Gasteiger partial charge in [-0.1, -0.05) is 6.07 Å². The summed E-state index contributed by atoms with van der Waals surface area (Å²) >= 11 is 0. The summed E-state index contributed by atoms with van der Waals surface area (Å²) in [7, 11) is 1.51. The Morgan fingerprint density at radius 2 is 1.92 bits per heavy atom. The van der Waals surface area contributed by atoms with Crippen LogP contribution in [0.2, 0.25) is 0 Å². The molecule has 0 heterocycles. The van der Waals surface area contributed by atoms with Crippen molar-refractivity contribution in [2.75, 3.05) is 25.5 Å². The fourth-order valence-electron chi connectivity index (χ4n) is 1.98. The molecule has 132 valence electrons. The van der Waals surface area contributed by atoms with Crippen LogP contribution in [0, 0.1) is 11.6 Å². The Labute approximate surface area is 143 Å². The van der Waals surface area contributed by atoms with Crippen LogP contribution < -0.4 is 20.7 Å². The fraction of sp³-hybridized carbons (Fsp3) is 0.176. The van der Waals surface area contributed by atoms with E-state index in [-0.39, 0.29) is 24.8 Å². The van der Waals surface area contributed by atoms with Gasteiger partial charge in [0.1, 0.15) is 12.4 Å². The average Bonchev–Trinajstić information content (AvgIpc) is 2.59.